The first kappa shape index (κ1) is 14.9. The fourth-order valence-corrected chi connectivity index (χ4v) is 2.30. The highest BCUT2D eigenvalue weighted by Crippen LogP contribution is 2.30. The second-order valence-electron chi connectivity index (χ2n) is 4.91. The largest absolute Gasteiger partial charge is 0.496 e. The molecular weight excluding hydrogens is 272 g/mol. The van der Waals surface area contributed by atoms with Gasteiger partial charge in [0.1, 0.15) is 17.3 Å². The Hall–Kier alpha value is -2.50. The number of methoxy groups -OCH3 is 1. The Balaban J connectivity index is 2.28. The van der Waals surface area contributed by atoms with E-state index in [9.17, 15) is 10.1 Å². The summed E-state index contributed by atoms with van der Waals surface area (Å²) in [6, 6.07) is 6.53. The fourth-order valence-electron chi connectivity index (χ4n) is 2.30. The number of nitrogens with zero attached hydrogens (tertiary/aromatic N) is 1. The van der Waals surface area contributed by atoms with Crippen molar-refractivity contribution in [2.75, 3.05) is 12.4 Å². The van der Waals surface area contributed by atoms with E-state index in [1.54, 1.807) is 6.07 Å². The molecule has 0 aliphatic heterocycles. The van der Waals surface area contributed by atoms with Crippen LogP contribution in [0.15, 0.2) is 28.7 Å². The molecule has 0 spiro atoms. The molecule has 0 amide bonds. The topological polar surface area (TPSA) is 77.5 Å². The minimum atomic E-state index is -0.439. The van der Waals surface area contributed by atoms with Crippen LogP contribution >= 0.6 is 0 Å². The van der Waals surface area contributed by atoms with Gasteiger partial charge in [-0.3, -0.25) is 10.1 Å². The van der Waals surface area contributed by atoms with Gasteiger partial charge in [-0.1, -0.05) is 0 Å². The summed E-state index contributed by atoms with van der Waals surface area (Å²) >= 11 is 0. The summed E-state index contributed by atoms with van der Waals surface area (Å²) in [6.45, 7) is 5.76. The van der Waals surface area contributed by atoms with E-state index in [1.807, 2.05) is 26.8 Å². The van der Waals surface area contributed by atoms with Crippen molar-refractivity contribution in [3.8, 4) is 5.75 Å². The number of nitro benzene ring substituents is 1. The summed E-state index contributed by atoms with van der Waals surface area (Å²) < 4.78 is 10.6. The number of aryl methyl sites for hydroxylation is 2. The molecule has 1 atom stereocenters. The molecule has 2 aromatic rings. The van der Waals surface area contributed by atoms with Crippen molar-refractivity contribution in [2.24, 2.45) is 0 Å². The Labute approximate surface area is 122 Å². The molecule has 0 saturated heterocycles. The molecule has 6 nitrogen and oxygen atoms in total. The van der Waals surface area contributed by atoms with E-state index in [2.05, 4.69) is 5.32 Å². The second kappa shape index (κ2) is 5.87. The summed E-state index contributed by atoms with van der Waals surface area (Å²) in [7, 11) is 1.48. The van der Waals surface area contributed by atoms with Gasteiger partial charge in [0.15, 0.2) is 0 Å². The van der Waals surface area contributed by atoms with Crippen molar-refractivity contribution in [3.05, 3.63) is 51.5 Å². The van der Waals surface area contributed by atoms with Crippen LogP contribution in [0.5, 0.6) is 5.75 Å². The molecule has 112 valence electrons. The highest BCUT2D eigenvalue weighted by molar-refractivity contribution is 5.57. The van der Waals surface area contributed by atoms with Crippen molar-refractivity contribution in [3.63, 3.8) is 0 Å². The smallest absolute Gasteiger partial charge is 0.275 e. The fraction of sp³-hybridized carbons (Fsp3) is 0.333. The zero-order valence-corrected chi connectivity index (χ0v) is 12.5. The van der Waals surface area contributed by atoms with Crippen molar-refractivity contribution in [1.29, 1.82) is 0 Å². The maximum atomic E-state index is 10.9. The number of nitrogens with one attached hydrogen (secondary N) is 1. The average Bonchev–Trinajstić information content (AvgIpc) is 2.77. The number of ether oxygens (including phenoxy) is 1. The van der Waals surface area contributed by atoms with Gasteiger partial charge in [0.05, 0.1) is 24.1 Å². The van der Waals surface area contributed by atoms with E-state index in [0.29, 0.717) is 11.4 Å². The number of non-ortho nitro benzene ring substituents is 1. The van der Waals surface area contributed by atoms with Gasteiger partial charge in [-0.2, -0.15) is 0 Å². The van der Waals surface area contributed by atoms with Crippen LogP contribution in [0.2, 0.25) is 0 Å². The van der Waals surface area contributed by atoms with E-state index < -0.39 is 4.92 Å². The van der Waals surface area contributed by atoms with Gasteiger partial charge in [-0.15, -0.1) is 0 Å². The first-order valence-corrected chi connectivity index (χ1v) is 6.57. The molecule has 1 unspecified atom stereocenters. The Bertz CT molecular complexity index is 664. The van der Waals surface area contributed by atoms with Crippen LogP contribution in [0.1, 0.15) is 30.0 Å². The molecule has 0 bridgehead atoms. The maximum absolute atomic E-state index is 10.9. The predicted molar refractivity (Wildman–Crippen MR) is 79.9 cm³/mol. The van der Waals surface area contributed by atoms with E-state index in [0.717, 1.165) is 17.1 Å². The molecule has 1 aromatic heterocycles. The van der Waals surface area contributed by atoms with Gasteiger partial charge < -0.3 is 14.5 Å². The lowest BCUT2D eigenvalue weighted by atomic mass is 10.1. The Morgan fingerprint density at radius 2 is 2.00 bits per heavy atom. The number of hydrogen-bond acceptors (Lipinski definition) is 5. The minimum Gasteiger partial charge on any atom is -0.496 e. The molecule has 6 heteroatoms. The second-order valence-corrected chi connectivity index (χ2v) is 4.91. The van der Waals surface area contributed by atoms with Crippen LogP contribution in [-0.2, 0) is 0 Å². The number of nitro groups is 1. The lowest BCUT2D eigenvalue weighted by Gasteiger charge is -2.15. The SMILES string of the molecule is COc1cc(NC(C)c2cc(C)oc2C)cc([N+](=O)[O-])c1. The number of rotatable bonds is 5. The monoisotopic (exact) mass is 290 g/mol. The molecule has 2 rings (SSSR count). The molecule has 1 heterocycles. The molecule has 21 heavy (non-hydrogen) atoms. The summed E-state index contributed by atoms with van der Waals surface area (Å²) in [4.78, 5) is 10.5. The molecule has 1 aromatic carbocycles. The third kappa shape index (κ3) is 3.34. The number of anilines is 1. The summed E-state index contributed by atoms with van der Waals surface area (Å²) in [5.74, 6) is 2.12. The van der Waals surface area contributed by atoms with Gasteiger partial charge in [-0.25, -0.2) is 0 Å². The third-order valence-electron chi connectivity index (χ3n) is 3.27. The molecule has 0 radical (unpaired) electrons. The highest BCUT2D eigenvalue weighted by atomic mass is 16.6. The first-order chi connectivity index (χ1) is 9.90. The summed E-state index contributed by atoms with van der Waals surface area (Å²) in [6.07, 6.45) is 0. The molecule has 0 aliphatic rings. The quantitative estimate of drug-likeness (QED) is 0.665. The van der Waals surface area contributed by atoms with E-state index in [4.69, 9.17) is 9.15 Å². The van der Waals surface area contributed by atoms with Crippen LogP contribution in [-0.4, -0.2) is 12.0 Å². The third-order valence-corrected chi connectivity index (χ3v) is 3.27. The van der Waals surface area contributed by atoms with Crippen molar-refractivity contribution < 1.29 is 14.1 Å². The van der Waals surface area contributed by atoms with Gasteiger partial charge in [-0.05, 0) is 26.8 Å². The number of hydrogen-bond donors (Lipinski definition) is 1. The highest BCUT2D eigenvalue weighted by Gasteiger charge is 2.15. The van der Waals surface area contributed by atoms with Gasteiger partial charge in [0.2, 0.25) is 0 Å². The molecule has 1 N–H and O–H groups in total. The number of benzene rings is 1. The van der Waals surface area contributed by atoms with Crippen LogP contribution in [0, 0.1) is 24.0 Å². The molecular formula is C15H18N2O4. The molecule has 0 fully saturated rings. The first-order valence-electron chi connectivity index (χ1n) is 6.57. The standard InChI is InChI=1S/C15H18N2O4/c1-9-5-15(11(3)21-9)10(2)16-12-6-13(17(18)19)8-14(7-12)20-4/h5-8,10,16H,1-4H3. The van der Waals surface area contributed by atoms with E-state index >= 15 is 0 Å². The lowest BCUT2D eigenvalue weighted by Crippen LogP contribution is -2.07. The summed E-state index contributed by atoms with van der Waals surface area (Å²) in [5.41, 5.74) is 1.65. The normalized spacial score (nSPS) is 12.0. The van der Waals surface area contributed by atoms with E-state index in [1.165, 1.54) is 19.2 Å². The van der Waals surface area contributed by atoms with Gasteiger partial charge >= 0.3 is 0 Å². The van der Waals surface area contributed by atoms with Crippen LogP contribution in [0.4, 0.5) is 11.4 Å². The predicted octanol–water partition coefficient (Wildman–Crippen LogP) is 3.99. The zero-order valence-electron chi connectivity index (χ0n) is 12.5. The Morgan fingerprint density at radius 1 is 1.29 bits per heavy atom. The average molecular weight is 290 g/mol. The number of furan rings is 1. The minimum absolute atomic E-state index is 0.0100. The summed E-state index contributed by atoms with van der Waals surface area (Å²) in [5, 5.41) is 14.2. The molecule has 0 saturated carbocycles. The van der Waals surface area contributed by atoms with Gasteiger partial charge in [0.25, 0.3) is 5.69 Å². The van der Waals surface area contributed by atoms with Gasteiger partial charge in [0, 0.05) is 23.4 Å². The van der Waals surface area contributed by atoms with Crippen molar-refractivity contribution in [1.82, 2.24) is 0 Å². The van der Waals surface area contributed by atoms with Crippen molar-refractivity contribution in [2.45, 2.75) is 26.8 Å². The van der Waals surface area contributed by atoms with E-state index in [-0.39, 0.29) is 11.7 Å². The van der Waals surface area contributed by atoms with Crippen molar-refractivity contribution >= 4 is 11.4 Å². The zero-order chi connectivity index (χ0) is 15.6. The Morgan fingerprint density at radius 3 is 2.52 bits per heavy atom. The van der Waals surface area contributed by atoms with Crippen LogP contribution in [0.3, 0.4) is 0 Å². The van der Waals surface area contributed by atoms with Crippen LogP contribution in [0.25, 0.3) is 0 Å². The van der Waals surface area contributed by atoms with Crippen LogP contribution < -0.4 is 10.1 Å². The Kier molecular flexibility index (Phi) is 4.16. The molecule has 0 aliphatic carbocycles. The maximum Gasteiger partial charge on any atom is 0.275 e. The lowest BCUT2D eigenvalue weighted by molar-refractivity contribution is -0.384.